The third-order valence-electron chi connectivity index (χ3n) is 4.21. The second-order valence-corrected chi connectivity index (χ2v) is 7.49. The quantitative estimate of drug-likeness (QED) is 0.616. The molecule has 0 unspecified atom stereocenters. The number of carbonyl (C=O) groups excluding carboxylic acids is 1. The number of nitrogens with one attached hydrogen (secondary N) is 1. The van der Waals surface area contributed by atoms with Crippen LogP contribution in [-0.4, -0.2) is 46.4 Å². The van der Waals surface area contributed by atoms with E-state index in [2.05, 4.69) is 15.5 Å². The van der Waals surface area contributed by atoms with Gasteiger partial charge >= 0.3 is 6.09 Å². The fraction of sp³-hybridized carbons (Fsp3) is 0.211. The second-order valence-electron chi connectivity index (χ2n) is 6.07. The number of benzene rings is 2. The maximum absolute atomic E-state index is 11.2. The Kier molecular flexibility index (Phi) is 5.40. The molecule has 1 aliphatic rings. The number of ether oxygens (including phenoxy) is 2. The summed E-state index contributed by atoms with van der Waals surface area (Å²) in [7, 11) is 1.63. The van der Waals surface area contributed by atoms with Crippen LogP contribution >= 0.6 is 23.4 Å². The van der Waals surface area contributed by atoms with Gasteiger partial charge in [-0.15, -0.1) is 10.2 Å². The largest absolute Gasteiger partial charge is 0.497 e. The van der Waals surface area contributed by atoms with Gasteiger partial charge in [0.25, 0.3) is 0 Å². The third kappa shape index (κ3) is 3.93. The molecule has 28 heavy (non-hydrogen) atoms. The van der Waals surface area contributed by atoms with Gasteiger partial charge in [-0.3, -0.25) is 4.57 Å². The van der Waals surface area contributed by atoms with Crippen LogP contribution in [0.1, 0.15) is 0 Å². The highest BCUT2D eigenvalue weighted by Crippen LogP contribution is 2.30. The number of alkyl carbamates (subject to hydrolysis) is 1. The van der Waals surface area contributed by atoms with Gasteiger partial charge in [-0.05, 0) is 48.5 Å². The molecule has 0 radical (unpaired) electrons. The van der Waals surface area contributed by atoms with E-state index >= 15 is 0 Å². The number of hydrogen-bond donors (Lipinski definition) is 1. The Labute approximate surface area is 171 Å². The Morgan fingerprint density at radius 1 is 1.21 bits per heavy atom. The van der Waals surface area contributed by atoms with E-state index < -0.39 is 0 Å². The molecule has 1 N–H and O–H groups in total. The third-order valence-corrected chi connectivity index (χ3v) is 5.53. The molecule has 9 heteroatoms. The van der Waals surface area contributed by atoms with Crippen LogP contribution in [-0.2, 0) is 4.74 Å². The molecule has 0 aliphatic carbocycles. The summed E-state index contributed by atoms with van der Waals surface area (Å²) in [6.07, 6.45) is -0.582. The maximum Gasteiger partial charge on any atom is 0.407 e. The zero-order valence-electron chi connectivity index (χ0n) is 15.0. The average Bonchev–Trinajstić information content (AvgIpc) is 3.33. The number of cyclic esters (lactones) is 1. The number of thioether (sulfide) groups is 1. The standard InChI is InChI=1S/C19H17ClN4O3S/c1-26-15-8-6-14(7-9-15)24-17(12-2-4-13(20)5-3-12)22-23-18(24)28-11-16-10-21-19(25)27-16/h2-9,16H,10-11H2,1H3,(H,21,25)/t16-/m1/s1. The molecule has 144 valence electrons. The topological polar surface area (TPSA) is 78.3 Å². The minimum absolute atomic E-state index is 0.197. The van der Waals surface area contributed by atoms with E-state index in [1.807, 2.05) is 53.1 Å². The van der Waals surface area contributed by atoms with Gasteiger partial charge in [0.2, 0.25) is 0 Å². The number of aromatic nitrogens is 3. The first-order chi connectivity index (χ1) is 13.6. The summed E-state index contributed by atoms with van der Waals surface area (Å²) in [5.41, 5.74) is 1.80. The van der Waals surface area contributed by atoms with Crippen LogP contribution in [0.15, 0.2) is 53.7 Å². The highest BCUT2D eigenvalue weighted by molar-refractivity contribution is 7.99. The number of halogens is 1. The fourth-order valence-electron chi connectivity index (χ4n) is 2.81. The smallest absolute Gasteiger partial charge is 0.407 e. The molecule has 7 nitrogen and oxygen atoms in total. The number of nitrogens with zero attached hydrogens (tertiary/aromatic N) is 3. The first-order valence-corrected chi connectivity index (χ1v) is 9.93. The van der Waals surface area contributed by atoms with Crippen LogP contribution in [0, 0.1) is 0 Å². The van der Waals surface area contributed by atoms with E-state index in [-0.39, 0.29) is 12.2 Å². The molecule has 3 aromatic rings. The number of carbonyl (C=O) groups is 1. The maximum atomic E-state index is 11.2. The average molecular weight is 417 g/mol. The monoisotopic (exact) mass is 416 g/mol. The summed E-state index contributed by atoms with van der Waals surface area (Å²) < 4.78 is 12.4. The van der Waals surface area contributed by atoms with Crippen LogP contribution in [0.25, 0.3) is 17.1 Å². The summed E-state index contributed by atoms with van der Waals surface area (Å²) in [5, 5.41) is 12.8. The lowest BCUT2D eigenvalue weighted by atomic mass is 10.2. The SMILES string of the molecule is COc1ccc(-n2c(SC[C@H]3CNC(=O)O3)nnc2-c2ccc(Cl)cc2)cc1. The second kappa shape index (κ2) is 8.12. The van der Waals surface area contributed by atoms with Gasteiger partial charge in [0.05, 0.1) is 13.7 Å². The van der Waals surface area contributed by atoms with Gasteiger partial charge < -0.3 is 14.8 Å². The van der Waals surface area contributed by atoms with E-state index in [0.717, 1.165) is 17.0 Å². The molecule has 1 atom stereocenters. The van der Waals surface area contributed by atoms with Gasteiger partial charge in [0, 0.05) is 22.0 Å². The molecule has 1 saturated heterocycles. The summed E-state index contributed by atoms with van der Waals surface area (Å²) in [6, 6.07) is 15.1. The Morgan fingerprint density at radius 2 is 1.96 bits per heavy atom. The molecule has 1 aromatic heterocycles. The Hall–Kier alpha value is -2.71. The van der Waals surface area contributed by atoms with E-state index in [0.29, 0.717) is 28.3 Å². The molecular formula is C19H17ClN4O3S. The molecular weight excluding hydrogens is 400 g/mol. The number of hydrogen-bond acceptors (Lipinski definition) is 6. The number of amides is 1. The van der Waals surface area contributed by atoms with E-state index in [4.69, 9.17) is 21.1 Å². The highest BCUT2D eigenvalue weighted by atomic mass is 35.5. The predicted octanol–water partition coefficient (Wildman–Crippen LogP) is 3.80. The summed E-state index contributed by atoms with van der Waals surface area (Å²) in [5.74, 6) is 2.04. The first-order valence-electron chi connectivity index (χ1n) is 8.57. The highest BCUT2D eigenvalue weighted by Gasteiger charge is 2.24. The zero-order valence-corrected chi connectivity index (χ0v) is 16.5. The summed E-state index contributed by atoms with van der Waals surface area (Å²) in [4.78, 5) is 11.2. The normalized spacial score (nSPS) is 15.9. The van der Waals surface area contributed by atoms with Crippen molar-refractivity contribution in [2.24, 2.45) is 0 Å². The lowest BCUT2D eigenvalue weighted by Gasteiger charge is -2.12. The zero-order chi connectivity index (χ0) is 19.5. The van der Waals surface area contributed by atoms with Crippen molar-refractivity contribution in [1.82, 2.24) is 20.1 Å². The van der Waals surface area contributed by atoms with Crippen LogP contribution < -0.4 is 10.1 Å². The Balaban J connectivity index is 1.68. The first kappa shape index (κ1) is 18.6. The Bertz CT molecular complexity index is 976. The van der Waals surface area contributed by atoms with Crippen molar-refractivity contribution in [1.29, 1.82) is 0 Å². The minimum atomic E-state index is -0.385. The van der Waals surface area contributed by atoms with Gasteiger partial charge in [-0.25, -0.2) is 4.79 Å². The minimum Gasteiger partial charge on any atom is -0.497 e. The number of rotatable bonds is 6. The van der Waals surface area contributed by atoms with Crippen molar-refractivity contribution in [2.45, 2.75) is 11.3 Å². The van der Waals surface area contributed by atoms with Crippen LogP contribution in [0.4, 0.5) is 4.79 Å². The fourth-order valence-corrected chi connectivity index (χ4v) is 3.87. The van der Waals surface area contributed by atoms with E-state index in [9.17, 15) is 4.79 Å². The lowest BCUT2D eigenvalue weighted by molar-refractivity contribution is 0.150. The van der Waals surface area contributed by atoms with Gasteiger partial charge in [-0.1, -0.05) is 23.4 Å². The Morgan fingerprint density at radius 3 is 2.61 bits per heavy atom. The van der Waals surface area contributed by atoms with E-state index in [1.165, 1.54) is 11.8 Å². The number of methoxy groups -OCH3 is 1. The van der Waals surface area contributed by atoms with Crippen LogP contribution in [0.2, 0.25) is 5.02 Å². The van der Waals surface area contributed by atoms with Crippen molar-refractivity contribution < 1.29 is 14.3 Å². The van der Waals surface area contributed by atoms with Crippen molar-refractivity contribution in [3.63, 3.8) is 0 Å². The molecule has 2 heterocycles. The molecule has 1 fully saturated rings. The van der Waals surface area contributed by atoms with E-state index in [1.54, 1.807) is 7.11 Å². The lowest BCUT2D eigenvalue weighted by Crippen LogP contribution is -2.17. The van der Waals surface area contributed by atoms with Crippen molar-refractivity contribution >= 4 is 29.5 Å². The van der Waals surface area contributed by atoms with Gasteiger partial charge in [-0.2, -0.15) is 0 Å². The van der Waals surface area contributed by atoms with Crippen LogP contribution in [0.3, 0.4) is 0 Å². The summed E-state index contributed by atoms with van der Waals surface area (Å²) in [6.45, 7) is 0.493. The molecule has 2 aromatic carbocycles. The van der Waals surface area contributed by atoms with Crippen LogP contribution in [0.5, 0.6) is 5.75 Å². The molecule has 0 bridgehead atoms. The predicted molar refractivity (Wildman–Crippen MR) is 107 cm³/mol. The van der Waals surface area contributed by atoms with Gasteiger partial charge in [0.1, 0.15) is 11.9 Å². The molecule has 0 spiro atoms. The molecule has 1 amide bonds. The molecule has 0 saturated carbocycles. The van der Waals surface area contributed by atoms with Gasteiger partial charge in [0.15, 0.2) is 11.0 Å². The summed E-state index contributed by atoms with van der Waals surface area (Å²) >= 11 is 7.51. The molecule has 1 aliphatic heterocycles. The van der Waals surface area contributed by atoms with Crippen molar-refractivity contribution in [3.05, 3.63) is 53.6 Å². The molecule has 4 rings (SSSR count). The van der Waals surface area contributed by atoms with Crippen molar-refractivity contribution in [2.75, 3.05) is 19.4 Å². The van der Waals surface area contributed by atoms with Crippen molar-refractivity contribution in [3.8, 4) is 22.8 Å².